The molecule has 2 rings (SSSR count). The molecule has 0 radical (unpaired) electrons. The average Bonchev–Trinajstić information content (AvgIpc) is 2.64. The maximum absolute atomic E-state index is 2.22. The van der Waals surface area contributed by atoms with Crippen LogP contribution in [0.4, 0.5) is 11.4 Å². The van der Waals surface area contributed by atoms with Crippen molar-refractivity contribution in [1.29, 1.82) is 0 Å². The fraction of sp³-hybridized carbons (Fsp3) is 0.455. The third-order valence-corrected chi connectivity index (χ3v) is 3.70. The minimum atomic E-state index is 1.11. The van der Waals surface area contributed by atoms with Crippen molar-refractivity contribution < 1.29 is 0 Å². The summed E-state index contributed by atoms with van der Waals surface area (Å²) in [5.41, 5.74) is 5.35. The summed E-state index contributed by atoms with van der Waals surface area (Å²) in [4.78, 5) is 4.23. The summed E-state index contributed by atoms with van der Waals surface area (Å²) in [6, 6.07) is 17.3. The number of nitrogens with zero attached hydrogens (tertiary/aromatic N) is 2. The summed E-state index contributed by atoms with van der Waals surface area (Å²) in [6.45, 7) is 8.35. The predicted octanol–water partition coefficient (Wildman–Crippen LogP) is 5.66. The lowest BCUT2D eigenvalue weighted by Crippen LogP contribution is -2.08. The molecule has 134 valence electrons. The Morgan fingerprint density at radius 1 is 0.625 bits per heavy atom. The van der Waals surface area contributed by atoms with Crippen LogP contribution >= 0.6 is 0 Å². The molecule has 0 N–H and O–H groups in total. The van der Waals surface area contributed by atoms with Gasteiger partial charge in [-0.3, -0.25) is 0 Å². The molecule has 0 fully saturated rings. The third kappa shape index (κ3) is 8.05. The lowest BCUT2D eigenvalue weighted by molar-refractivity contribution is 1.10. The van der Waals surface area contributed by atoms with Crippen molar-refractivity contribution in [2.45, 2.75) is 40.5 Å². The van der Waals surface area contributed by atoms with Gasteiger partial charge in [-0.25, -0.2) is 0 Å². The van der Waals surface area contributed by atoms with Crippen molar-refractivity contribution in [3.8, 4) is 0 Å². The van der Waals surface area contributed by atoms with Crippen LogP contribution in [0, 0.1) is 0 Å². The van der Waals surface area contributed by atoms with Crippen molar-refractivity contribution in [3.63, 3.8) is 0 Å². The smallest absolute Gasteiger partial charge is 0.0363 e. The monoisotopic (exact) mass is 328 g/mol. The standard InChI is InChI=1S/2C10H15N.C2H6/c1-4-9-5-7-10(8-6-9)11(2)3;1-4-9-6-5-7-10(8-9)11(2)3;1-2/h2*5-8H,4H2,1-3H3;1-2H3. The molecule has 2 heteroatoms. The van der Waals surface area contributed by atoms with Gasteiger partial charge in [0.2, 0.25) is 0 Å². The zero-order chi connectivity index (χ0) is 18.5. The fourth-order valence-electron chi connectivity index (χ4n) is 2.08. The second kappa shape index (κ2) is 12.5. The SMILES string of the molecule is CC.CCc1ccc(N(C)C)cc1.CCc1cccc(N(C)C)c1. The Bertz CT molecular complexity index is 542. The van der Waals surface area contributed by atoms with E-state index >= 15 is 0 Å². The first-order chi connectivity index (χ1) is 11.5. The molecule has 0 bridgehead atoms. The van der Waals surface area contributed by atoms with Gasteiger partial charge in [-0.05, 0) is 48.2 Å². The van der Waals surface area contributed by atoms with E-state index in [-0.39, 0.29) is 0 Å². The lowest BCUT2D eigenvalue weighted by Gasteiger charge is -2.12. The van der Waals surface area contributed by atoms with Crippen LogP contribution in [-0.4, -0.2) is 28.2 Å². The van der Waals surface area contributed by atoms with Crippen molar-refractivity contribution in [2.75, 3.05) is 38.0 Å². The third-order valence-electron chi connectivity index (χ3n) is 3.70. The molecular weight excluding hydrogens is 292 g/mol. The highest BCUT2D eigenvalue weighted by molar-refractivity contribution is 5.47. The molecule has 0 unspecified atom stereocenters. The Labute approximate surface area is 150 Å². The predicted molar refractivity (Wildman–Crippen MR) is 112 cm³/mol. The van der Waals surface area contributed by atoms with Crippen LogP contribution < -0.4 is 9.80 Å². The Kier molecular flexibility index (Phi) is 11.4. The fourth-order valence-corrected chi connectivity index (χ4v) is 2.08. The van der Waals surface area contributed by atoms with E-state index in [0.29, 0.717) is 0 Å². The molecule has 0 aliphatic heterocycles. The number of hydrogen-bond acceptors (Lipinski definition) is 2. The maximum Gasteiger partial charge on any atom is 0.0363 e. The van der Waals surface area contributed by atoms with E-state index in [1.807, 2.05) is 13.8 Å². The highest BCUT2D eigenvalue weighted by atomic mass is 15.1. The Hall–Kier alpha value is -1.96. The molecule has 0 saturated carbocycles. The molecule has 0 saturated heterocycles. The number of benzene rings is 2. The van der Waals surface area contributed by atoms with Gasteiger partial charge in [0.1, 0.15) is 0 Å². The van der Waals surface area contributed by atoms with Crippen molar-refractivity contribution in [3.05, 3.63) is 59.7 Å². The van der Waals surface area contributed by atoms with Crippen LogP contribution in [0.1, 0.15) is 38.8 Å². The number of aryl methyl sites for hydroxylation is 2. The first kappa shape index (κ1) is 22.0. The quantitative estimate of drug-likeness (QED) is 0.715. The van der Waals surface area contributed by atoms with Crippen molar-refractivity contribution in [2.24, 2.45) is 0 Å². The molecule has 0 aliphatic rings. The number of hydrogen-bond donors (Lipinski definition) is 0. The van der Waals surface area contributed by atoms with Crippen LogP contribution in [0.25, 0.3) is 0 Å². The van der Waals surface area contributed by atoms with Gasteiger partial charge in [-0.15, -0.1) is 0 Å². The summed E-state index contributed by atoms with van der Waals surface area (Å²) in [5.74, 6) is 0. The second-order valence-electron chi connectivity index (χ2n) is 5.83. The summed E-state index contributed by atoms with van der Waals surface area (Å²) in [7, 11) is 8.24. The highest BCUT2D eigenvalue weighted by Gasteiger charge is 1.94. The van der Waals surface area contributed by atoms with E-state index in [2.05, 4.69) is 100 Å². The largest absolute Gasteiger partial charge is 0.378 e. The van der Waals surface area contributed by atoms with Gasteiger partial charge < -0.3 is 9.80 Å². The van der Waals surface area contributed by atoms with Gasteiger partial charge in [0.15, 0.2) is 0 Å². The minimum Gasteiger partial charge on any atom is -0.378 e. The molecule has 0 aliphatic carbocycles. The topological polar surface area (TPSA) is 6.48 Å². The summed E-state index contributed by atoms with van der Waals surface area (Å²) < 4.78 is 0. The molecule has 0 amide bonds. The second-order valence-corrected chi connectivity index (χ2v) is 5.83. The van der Waals surface area contributed by atoms with E-state index in [4.69, 9.17) is 0 Å². The van der Waals surface area contributed by atoms with Crippen molar-refractivity contribution in [1.82, 2.24) is 0 Å². The molecular formula is C22H36N2. The molecule has 0 atom stereocenters. The van der Waals surface area contributed by atoms with E-state index in [1.165, 1.54) is 22.5 Å². The van der Waals surface area contributed by atoms with Gasteiger partial charge >= 0.3 is 0 Å². The number of anilines is 2. The molecule has 2 aromatic rings. The average molecular weight is 329 g/mol. The zero-order valence-corrected chi connectivity index (χ0v) is 16.9. The van der Waals surface area contributed by atoms with Gasteiger partial charge in [0, 0.05) is 39.6 Å². The Morgan fingerprint density at radius 2 is 1.12 bits per heavy atom. The van der Waals surface area contributed by atoms with E-state index in [1.54, 1.807) is 0 Å². The Balaban J connectivity index is 0.000000400. The van der Waals surface area contributed by atoms with Gasteiger partial charge in [-0.2, -0.15) is 0 Å². The Morgan fingerprint density at radius 3 is 1.54 bits per heavy atom. The highest BCUT2D eigenvalue weighted by Crippen LogP contribution is 2.13. The molecule has 0 heterocycles. The summed E-state index contributed by atoms with van der Waals surface area (Å²) in [6.07, 6.45) is 2.23. The maximum atomic E-state index is 2.22. The number of rotatable bonds is 4. The van der Waals surface area contributed by atoms with Gasteiger partial charge in [0.25, 0.3) is 0 Å². The van der Waals surface area contributed by atoms with Crippen LogP contribution in [0.3, 0.4) is 0 Å². The van der Waals surface area contributed by atoms with Crippen LogP contribution in [-0.2, 0) is 12.8 Å². The molecule has 2 aromatic carbocycles. The molecule has 24 heavy (non-hydrogen) atoms. The molecule has 0 spiro atoms. The lowest BCUT2D eigenvalue weighted by atomic mass is 10.1. The van der Waals surface area contributed by atoms with E-state index in [0.717, 1.165) is 12.8 Å². The van der Waals surface area contributed by atoms with Gasteiger partial charge in [-0.1, -0.05) is 52.0 Å². The first-order valence-corrected chi connectivity index (χ1v) is 9.00. The normalized spacial score (nSPS) is 9.17. The summed E-state index contributed by atoms with van der Waals surface area (Å²) >= 11 is 0. The van der Waals surface area contributed by atoms with E-state index < -0.39 is 0 Å². The molecule has 0 aromatic heterocycles. The van der Waals surface area contributed by atoms with Crippen LogP contribution in [0.2, 0.25) is 0 Å². The minimum absolute atomic E-state index is 1.11. The zero-order valence-electron chi connectivity index (χ0n) is 16.9. The van der Waals surface area contributed by atoms with Gasteiger partial charge in [0.05, 0.1) is 0 Å². The summed E-state index contributed by atoms with van der Waals surface area (Å²) in [5, 5.41) is 0. The first-order valence-electron chi connectivity index (χ1n) is 9.00. The van der Waals surface area contributed by atoms with Crippen LogP contribution in [0.5, 0.6) is 0 Å². The molecule has 2 nitrogen and oxygen atoms in total. The van der Waals surface area contributed by atoms with Crippen molar-refractivity contribution >= 4 is 11.4 Å². The van der Waals surface area contributed by atoms with E-state index in [9.17, 15) is 0 Å². The van der Waals surface area contributed by atoms with Crippen LogP contribution in [0.15, 0.2) is 48.5 Å².